The molecule has 4 heteroatoms. The molecule has 1 amide bonds. The van der Waals surface area contributed by atoms with Crippen molar-refractivity contribution < 1.29 is 14.7 Å². The van der Waals surface area contributed by atoms with E-state index in [4.69, 9.17) is 5.11 Å². The number of hydrogen-bond donors (Lipinski definition) is 2. The van der Waals surface area contributed by atoms with E-state index in [1.807, 2.05) is 32.0 Å². The largest absolute Gasteiger partial charge is 0.481 e. The summed E-state index contributed by atoms with van der Waals surface area (Å²) in [6.45, 7) is 7.58. The molecule has 2 N–H and O–H groups in total. The van der Waals surface area contributed by atoms with Crippen LogP contribution in [0.5, 0.6) is 0 Å². The summed E-state index contributed by atoms with van der Waals surface area (Å²) in [5.74, 6) is -1.21. The third-order valence-electron chi connectivity index (χ3n) is 3.24. The van der Waals surface area contributed by atoms with Crippen LogP contribution in [0.15, 0.2) is 18.2 Å². The minimum atomic E-state index is -1.03. The summed E-state index contributed by atoms with van der Waals surface area (Å²) in [6, 6.07) is 6.00. The number of aliphatic carboxylic acids is 1. The van der Waals surface area contributed by atoms with Gasteiger partial charge in [-0.1, -0.05) is 18.2 Å². The molecule has 0 aliphatic rings. The Kier molecular flexibility index (Phi) is 4.70. The van der Waals surface area contributed by atoms with Crippen LogP contribution in [0.1, 0.15) is 37.0 Å². The van der Waals surface area contributed by atoms with Crippen molar-refractivity contribution in [3.8, 4) is 0 Å². The topological polar surface area (TPSA) is 66.4 Å². The molecule has 0 radical (unpaired) electrons. The first-order valence-corrected chi connectivity index (χ1v) is 6.28. The summed E-state index contributed by atoms with van der Waals surface area (Å²) in [4.78, 5) is 22.6. The Morgan fingerprint density at radius 2 is 1.84 bits per heavy atom. The number of amides is 1. The predicted octanol–water partition coefficient (Wildman–Crippen LogP) is 2.42. The Bertz CT molecular complexity index is 492. The maximum absolute atomic E-state index is 11.7. The van der Waals surface area contributed by atoms with E-state index in [9.17, 15) is 9.59 Å². The quantitative estimate of drug-likeness (QED) is 0.857. The van der Waals surface area contributed by atoms with Crippen molar-refractivity contribution in [2.45, 2.75) is 40.7 Å². The number of nitrogens with one attached hydrogen (secondary N) is 1. The Morgan fingerprint density at radius 3 is 2.37 bits per heavy atom. The van der Waals surface area contributed by atoms with E-state index >= 15 is 0 Å². The molecule has 0 bridgehead atoms. The minimum Gasteiger partial charge on any atom is -0.481 e. The zero-order chi connectivity index (χ0) is 14.6. The summed E-state index contributed by atoms with van der Waals surface area (Å²) < 4.78 is 0. The van der Waals surface area contributed by atoms with Crippen LogP contribution in [-0.2, 0) is 16.1 Å². The lowest BCUT2D eigenvalue weighted by Gasteiger charge is -2.18. The van der Waals surface area contributed by atoms with Crippen LogP contribution in [0.25, 0.3) is 0 Å². The van der Waals surface area contributed by atoms with Gasteiger partial charge in [0, 0.05) is 13.0 Å². The molecule has 0 aromatic heterocycles. The highest BCUT2D eigenvalue weighted by Gasteiger charge is 2.29. The first-order chi connectivity index (χ1) is 8.72. The fraction of sp³-hybridized carbons (Fsp3) is 0.467. The fourth-order valence-electron chi connectivity index (χ4n) is 1.65. The molecule has 0 unspecified atom stereocenters. The second kappa shape index (κ2) is 5.87. The molecule has 0 fully saturated rings. The highest BCUT2D eigenvalue weighted by atomic mass is 16.4. The highest BCUT2D eigenvalue weighted by Crippen LogP contribution is 2.20. The van der Waals surface area contributed by atoms with Gasteiger partial charge >= 0.3 is 5.97 Å². The SMILES string of the molecule is Cc1ccc(CNC(=O)CC(C)(C)C(=O)O)cc1C. The molecule has 19 heavy (non-hydrogen) atoms. The van der Waals surface area contributed by atoms with Gasteiger partial charge in [0.25, 0.3) is 0 Å². The first kappa shape index (κ1) is 15.2. The van der Waals surface area contributed by atoms with Gasteiger partial charge < -0.3 is 10.4 Å². The maximum atomic E-state index is 11.7. The molecule has 0 aliphatic heterocycles. The molecular weight excluding hydrogens is 242 g/mol. The lowest BCUT2D eigenvalue weighted by atomic mass is 9.89. The van der Waals surface area contributed by atoms with Crippen molar-refractivity contribution >= 4 is 11.9 Å². The third-order valence-corrected chi connectivity index (χ3v) is 3.24. The smallest absolute Gasteiger partial charge is 0.309 e. The van der Waals surface area contributed by atoms with Crippen LogP contribution >= 0.6 is 0 Å². The summed E-state index contributed by atoms with van der Waals surface area (Å²) in [6.07, 6.45) is -0.0207. The van der Waals surface area contributed by atoms with Crippen LogP contribution in [0, 0.1) is 19.3 Å². The van der Waals surface area contributed by atoms with E-state index < -0.39 is 11.4 Å². The monoisotopic (exact) mass is 263 g/mol. The minimum absolute atomic E-state index is 0.0207. The Hall–Kier alpha value is -1.84. The Morgan fingerprint density at radius 1 is 1.21 bits per heavy atom. The van der Waals surface area contributed by atoms with Gasteiger partial charge in [-0.2, -0.15) is 0 Å². The molecule has 1 aromatic rings. The number of aryl methyl sites for hydroxylation is 2. The van der Waals surface area contributed by atoms with E-state index in [-0.39, 0.29) is 12.3 Å². The molecule has 1 aromatic carbocycles. The van der Waals surface area contributed by atoms with Crippen molar-refractivity contribution in [2.24, 2.45) is 5.41 Å². The lowest BCUT2D eigenvalue weighted by Crippen LogP contribution is -2.33. The highest BCUT2D eigenvalue weighted by molar-refractivity contribution is 5.84. The van der Waals surface area contributed by atoms with Gasteiger partial charge in [-0.3, -0.25) is 9.59 Å². The third kappa shape index (κ3) is 4.39. The number of carboxylic acids is 1. The Balaban J connectivity index is 2.55. The first-order valence-electron chi connectivity index (χ1n) is 6.28. The van der Waals surface area contributed by atoms with Crippen molar-refractivity contribution in [3.05, 3.63) is 34.9 Å². The average molecular weight is 263 g/mol. The second-order valence-corrected chi connectivity index (χ2v) is 5.56. The predicted molar refractivity (Wildman–Crippen MR) is 73.8 cm³/mol. The van der Waals surface area contributed by atoms with Gasteiger partial charge in [0.2, 0.25) is 5.91 Å². The van der Waals surface area contributed by atoms with Crippen LogP contribution in [0.2, 0.25) is 0 Å². The summed E-state index contributed by atoms with van der Waals surface area (Å²) in [7, 11) is 0. The maximum Gasteiger partial charge on any atom is 0.309 e. The van der Waals surface area contributed by atoms with Crippen LogP contribution in [0.4, 0.5) is 0 Å². The van der Waals surface area contributed by atoms with Gasteiger partial charge in [0.15, 0.2) is 0 Å². The van der Waals surface area contributed by atoms with E-state index in [2.05, 4.69) is 5.32 Å². The van der Waals surface area contributed by atoms with Crippen molar-refractivity contribution in [1.29, 1.82) is 0 Å². The molecule has 1 rings (SSSR count). The van der Waals surface area contributed by atoms with Crippen LogP contribution in [-0.4, -0.2) is 17.0 Å². The second-order valence-electron chi connectivity index (χ2n) is 5.56. The molecule has 0 heterocycles. The summed E-state index contributed by atoms with van der Waals surface area (Å²) >= 11 is 0. The molecule has 0 spiro atoms. The standard InChI is InChI=1S/C15H21NO3/c1-10-5-6-12(7-11(10)2)9-16-13(17)8-15(3,4)14(18)19/h5-7H,8-9H2,1-4H3,(H,16,17)(H,18,19). The number of hydrogen-bond acceptors (Lipinski definition) is 2. The van der Waals surface area contributed by atoms with Crippen molar-refractivity contribution in [1.82, 2.24) is 5.32 Å². The zero-order valence-corrected chi connectivity index (χ0v) is 11.9. The number of carbonyl (C=O) groups is 2. The number of carboxylic acid groups (broad SMARTS) is 1. The summed E-state index contributed by atoms with van der Waals surface area (Å²) in [5, 5.41) is 11.7. The van der Waals surface area contributed by atoms with E-state index in [0.717, 1.165) is 5.56 Å². The van der Waals surface area contributed by atoms with Gasteiger partial charge in [-0.15, -0.1) is 0 Å². The van der Waals surface area contributed by atoms with Crippen LogP contribution in [0.3, 0.4) is 0 Å². The molecule has 0 atom stereocenters. The van der Waals surface area contributed by atoms with Crippen LogP contribution < -0.4 is 5.32 Å². The molecule has 0 aliphatic carbocycles. The van der Waals surface area contributed by atoms with Crippen molar-refractivity contribution in [2.75, 3.05) is 0 Å². The number of rotatable bonds is 5. The molecule has 104 valence electrons. The average Bonchev–Trinajstić information content (AvgIpc) is 2.30. The van der Waals surface area contributed by atoms with E-state index in [1.54, 1.807) is 13.8 Å². The van der Waals surface area contributed by atoms with Gasteiger partial charge in [0.1, 0.15) is 0 Å². The normalized spacial score (nSPS) is 11.2. The molecule has 0 saturated carbocycles. The summed E-state index contributed by atoms with van der Waals surface area (Å²) in [5.41, 5.74) is 2.37. The molecule has 4 nitrogen and oxygen atoms in total. The zero-order valence-electron chi connectivity index (χ0n) is 11.9. The van der Waals surface area contributed by atoms with E-state index in [0.29, 0.717) is 6.54 Å². The molecular formula is C15H21NO3. The number of carbonyl (C=O) groups excluding carboxylic acids is 1. The van der Waals surface area contributed by atoms with E-state index in [1.165, 1.54) is 11.1 Å². The number of benzene rings is 1. The Labute approximate surface area is 113 Å². The van der Waals surface area contributed by atoms with Crippen molar-refractivity contribution in [3.63, 3.8) is 0 Å². The van der Waals surface area contributed by atoms with Gasteiger partial charge in [-0.05, 0) is 44.4 Å². The van der Waals surface area contributed by atoms with Gasteiger partial charge in [0.05, 0.1) is 5.41 Å². The fourth-order valence-corrected chi connectivity index (χ4v) is 1.65. The molecule has 0 saturated heterocycles. The lowest BCUT2D eigenvalue weighted by molar-refractivity contribution is -0.149. The van der Waals surface area contributed by atoms with Gasteiger partial charge in [-0.25, -0.2) is 0 Å².